The number of thiophene rings is 1. The van der Waals surface area contributed by atoms with E-state index in [1.54, 1.807) is 13.0 Å². The molecule has 116 valence electrons. The lowest BCUT2D eigenvalue weighted by Crippen LogP contribution is -2.20. The van der Waals surface area contributed by atoms with Gasteiger partial charge in [-0.2, -0.15) is 14.6 Å². The molecule has 0 saturated carbocycles. The summed E-state index contributed by atoms with van der Waals surface area (Å²) in [4.78, 5) is 22.3. The lowest BCUT2D eigenvalue weighted by molar-refractivity contribution is -0.385. The maximum absolute atomic E-state index is 12.7. The summed E-state index contributed by atoms with van der Waals surface area (Å²) in [5.41, 5.74) is 2.60. The van der Waals surface area contributed by atoms with E-state index in [4.69, 9.17) is 0 Å². The van der Waals surface area contributed by atoms with Crippen LogP contribution in [-0.2, 0) is 11.3 Å². The van der Waals surface area contributed by atoms with E-state index in [0.717, 1.165) is 17.5 Å². The Kier molecular flexibility index (Phi) is 4.94. The van der Waals surface area contributed by atoms with Crippen molar-refractivity contribution in [2.45, 2.75) is 19.9 Å². The molecule has 10 heteroatoms. The molecule has 1 amide bonds. The van der Waals surface area contributed by atoms with Crippen LogP contribution in [0.4, 0.5) is 10.1 Å². The van der Waals surface area contributed by atoms with Crippen LogP contribution >= 0.6 is 11.3 Å². The molecule has 0 spiro atoms. The number of aromatic nitrogens is 2. The molecule has 0 aromatic carbocycles. The number of hydrazone groups is 1. The minimum absolute atomic E-state index is 0.0653. The Bertz CT molecular complexity index is 724. The quantitative estimate of drug-likeness (QED) is 0.497. The zero-order valence-electron chi connectivity index (χ0n) is 11.5. The Hall–Kier alpha value is -2.62. The average Bonchev–Trinajstić information content (AvgIpc) is 3.03. The first-order valence-corrected chi connectivity index (χ1v) is 7.03. The van der Waals surface area contributed by atoms with E-state index < -0.39 is 4.92 Å². The van der Waals surface area contributed by atoms with Crippen LogP contribution in [-0.4, -0.2) is 26.8 Å². The van der Waals surface area contributed by atoms with Gasteiger partial charge in [0.2, 0.25) is 5.91 Å². The highest BCUT2D eigenvalue weighted by molar-refractivity contribution is 7.12. The van der Waals surface area contributed by atoms with Gasteiger partial charge in [-0.3, -0.25) is 19.6 Å². The molecule has 1 N–H and O–H groups in total. The van der Waals surface area contributed by atoms with E-state index >= 15 is 0 Å². The van der Waals surface area contributed by atoms with Gasteiger partial charge in [-0.15, -0.1) is 11.3 Å². The average molecular weight is 325 g/mol. The Balaban J connectivity index is 1.83. The zero-order chi connectivity index (χ0) is 16.1. The molecular weight excluding hydrogens is 313 g/mol. The highest BCUT2D eigenvalue weighted by Gasteiger charge is 2.16. The number of hydrogen-bond acceptors (Lipinski definition) is 6. The number of rotatable bonds is 6. The largest absolute Gasteiger partial charge is 0.309 e. The highest BCUT2D eigenvalue weighted by atomic mass is 32.1. The molecule has 0 bridgehead atoms. The van der Waals surface area contributed by atoms with Gasteiger partial charge in [0.05, 0.1) is 22.6 Å². The maximum Gasteiger partial charge on any atom is 0.309 e. The van der Waals surface area contributed by atoms with Gasteiger partial charge in [-0.25, -0.2) is 5.43 Å². The summed E-state index contributed by atoms with van der Waals surface area (Å²) < 4.78 is 14.1. The topological polar surface area (TPSA) is 102 Å². The zero-order valence-corrected chi connectivity index (χ0v) is 12.3. The second-order valence-electron chi connectivity index (χ2n) is 4.28. The van der Waals surface area contributed by atoms with Crippen LogP contribution in [0.15, 0.2) is 23.4 Å². The Morgan fingerprint density at radius 2 is 2.41 bits per heavy atom. The van der Waals surface area contributed by atoms with E-state index in [0.29, 0.717) is 10.6 Å². The lowest BCUT2D eigenvalue weighted by atomic mass is 10.3. The molecule has 2 heterocycles. The molecule has 2 rings (SSSR count). The number of nitro groups is 1. The fourth-order valence-electron chi connectivity index (χ4n) is 1.67. The smallest absolute Gasteiger partial charge is 0.273 e. The molecule has 0 aliphatic heterocycles. The fraction of sp³-hybridized carbons (Fsp3) is 0.250. The van der Waals surface area contributed by atoms with Gasteiger partial charge in [0.25, 0.3) is 0 Å². The summed E-state index contributed by atoms with van der Waals surface area (Å²) in [7, 11) is 0. The molecule has 0 saturated heterocycles. The van der Waals surface area contributed by atoms with E-state index in [-0.39, 0.29) is 29.7 Å². The summed E-state index contributed by atoms with van der Waals surface area (Å²) >= 11 is 0.912. The number of carbonyl (C=O) groups is 1. The van der Waals surface area contributed by atoms with Gasteiger partial charge in [-0.1, -0.05) is 0 Å². The van der Waals surface area contributed by atoms with Crippen molar-refractivity contribution in [1.82, 2.24) is 15.2 Å². The van der Waals surface area contributed by atoms with E-state index in [2.05, 4.69) is 15.6 Å². The molecule has 0 unspecified atom stereocenters. The molecule has 0 radical (unpaired) electrons. The third-order valence-electron chi connectivity index (χ3n) is 2.80. The number of carbonyl (C=O) groups excluding carboxylic acids is 1. The molecule has 0 aliphatic carbocycles. The van der Waals surface area contributed by atoms with Crippen molar-refractivity contribution in [3.63, 3.8) is 0 Å². The predicted octanol–water partition coefficient (Wildman–Crippen LogP) is 1.84. The maximum atomic E-state index is 12.7. The Labute approximate surface area is 128 Å². The van der Waals surface area contributed by atoms with E-state index in [1.807, 2.05) is 0 Å². The Morgan fingerprint density at radius 1 is 1.64 bits per heavy atom. The van der Waals surface area contributed by atoms with E-state index in [1.165, 1.54) is 17.0 Å². The first-order valence-electron chi connectivity index (χ1n) is 6.21. The number of amides is 1. The monoisotopic (exact) mass is 325 g/mol. The summed E-state index contributed by atoms with van der Waals surface area (Å²) in [6.45, 7) is 1.77. The van der Waals surface area contributed by atoms with Crippen molar-refractivity contribution < 1.29 is 14.1 Å². The van der Waals surface area contributed by atoms with Gasteiger partial charge in [-0.05, 0) is 19.1 Å². The van der Waals surface area contributed by atoms with Gasteiger partial charge in [0.15, 0.2) is 5.13 Å². The number of aryl methyl sites for hydroxylation is 1. The molecule has 0 fully saturated rings. The third kappa shape index (κ3) is 3.95. The van der Waals surface area contributed by atoms with Gasteiger partial charge < -0.3 is 0 Å². The van der Waals surface area contributed by atoms with Crippen LogP contribution in [0.3, 0.4) is 0 Å². The SMILES string of the molecule is Cc1c([N+](=O)[O-])cnn1CCC(=O)N/N=C/c1ccc(F)s1. The fourth-order valence-corrected chi connectivity index (χ4v) is 2.27. The summed E-state index contributed by atoms with van der Waals surface area (Å²) in [5, 5.41) is 17.9. The van der Waals surface area contributed by atoms with Crippen molar-refractivity contribution in [2.24, 2.45) is 5.10 Å². The predicted molar refractivity (Wildman–Crippen MR) is 78.2 cm³/mol. The first-order chi connectivity index (χ1) is 10.5. The number of halogens is 1. The molecule has 2 aromatic rings. The normalized spacial score (nSPS) is 11.0. The summed E-state index contributed by atoms with van der Waals surface area (Å²) in [6.07, 6.45) is 2.56. The summed E-state index contributed by atoms with van der Waals surface area (Å²) in [6, 6.07) is 2.85. The van der Waals surface area contributed by atoms with Crippen LogP contribution in [0.1, 0.15) is 17.0 Å². The third-order valence-corrected chi connectivity index (χ3v) is 3.61. The van der Waals surface area contributed by atoms with Gasteiger partial charge in [0.1, 0.15) is 11.9 Å². The Morgan fingerprint density at radius 3 is 3.00 bits per heavy atom. The number of nitrogens with one attached hydrogen (secondary N) is 1. The van der Waals surface area contributed by atoms with Crippen molar-refractivity contribution >= 4 is 29.1 Å². The molecule has 8 nitrogen and oxygen atoms in total. The van der Waals surface area contributed by atoms with Gasteiger partial charge >= 0.3 is 5.69 Å². The van der Waals surface area contributed by atoms with Crippen molar-refractivity contribution in [2.75, 3.05) is 0 Å². The molecule has 2 aromatic heterocycles. The van der Waals surface area contributed by atoms with E-state index in [9.17, 15) is 19.3 Å². The summed E-state index contributed by atoms with van der Waals surface area (Å²) in [5.74, 6) is -0.370. The number of nitrogens with zero attached hydrogens (tertiary/aromatic N) is 4. The standard InChI is InChI=1S/C12H12FN5O3S/c1-8-10(18(20)21)7-15-17(8)5-4-12(19)16-14-6-9-2-3-11(13)22-9/h2-3,6-7H,4-5H2,1H3,(H,16,19)/b14-6+. The van der Waals surface area contributed by atoms with Crippen LogP contribution < -0.4 is 5.43 Å². The second kappa shape index (κ2) is 6.89. The minimum Gasteiger partial charge on any atom is -0.273 e. The van der Waals surface area contributed by atoms with Crippen molar-refractivity contribution in [1.29, 1.82) is 0 Å². The molecular formula is C12H12FN5O3S. The van der Waals surface area contributed by atoms with Gasteiger partial charge in [0, 0.05) is 6.42 Å². The van der Waals surface area contributed by atoms with Crippen LogP contribution in [0.25, 0.3) is 0 Å². The van der Waals surface area contributed by atoms with Crippen molar-refractivity contribution in [3.05, 3.63) is 44.1 Å². The highest BCUT2D eigenvalue weighted by Crippen LogP contribution is 2.16. The minimum atomic E-state index is -0.524. The molecule has 22 heavy (non-hydrogen) atoms. The van der Waals surface area contributed by atoms with Crippen LogP contribution in [0.2, 0.25) is 0 Å². The first kappa shape index (κ1) is 15.8. The molecule has 0 aliphatic rings. The molecule has 0 atom stereocenters. The van der Waals surface area contributed by atoms with Crippen LogP contribution in [0, 0.1) is 22.2 Å². The lowest BCUT2D eigenvalue weighted by Gasteiger charge is -2.02. The van der Waals surface area contributed by atoms with Crippen LogP contribution in [0.5, 0.6) is 0 Å². The number of hydrogen-bond donors (Lipinski definition) is 1. The second-order valence-corrected chi connectivity index (χ2v) is 5.35. The van der Waals surface area contributed by atoms with Crippen molar-refractivity contribution in [3.8, 4) is 0 Å².